The Kier molecular flexibility index (Phi) is 3.61. The summed E-state index contributed by atoms with van der Waals surface area (Å²) in [5, 5.41) is 10.0. The highest BCUT2D eigenvalue weighted by Crippen LogP contribution is 2.41. The van der Waals surface area contributed by atoms with Crippen molar-refractivity contribution in [3.8, 4) is 5.75 Å². The maximum absolute atomic E-state index is 10.0. The molecule has 0 bridgehead atoms. The monoisotopic (exact) mass is 288 g/mol. The lowest BCUT2D eigenvalue weighted by Crippen LogP contribution is -2.44. The van der Waals surface area contributed by atoms with Gasteiger partial charge in [0.2, 0.25) is 0 Å². The van der Waals surface area contributed by atoms with E-state index in [-0.39, 0.29) is 0 Å². The lowest BCUT2D eigenvalue weighted by Gasteiger charge is -2.33. The van der Waals surface area contributed by atoms with Gasteiger partial charge in [-0.15, -0.1) is 0 Å². The van der Waals surface area contributed by atoms with Crippen molar-refractivity contribution in [3.05, 3.63) is 29.3 Å². The molecule has 0 amide bonds. The summed E-state index contributed by atoms with van der Waals surface area (Å²) in [4.78, 5) is 5.23. The molecule has 21 heavy (non-hydrogen) atoms. The van der Waals surface area contributed by atoms with E-state index >= 15 is 0 Å². The lowest BCUT2D eigenvalue weighted by atomic mass is 10.1. The smallest absolute Gasteiger partial charge is 0.119 e. The highest BCUT2D eigenvalue weighted by Gasteiger charge is 2.36. The zero-order valence-corrected chi connectivity index (χ0v) is 12.5. The summed E-state index contributed by atoms with van der Waals surface area (Å²) in [7, 11) is 0. The number of hydrogen-bond acceptors (Lipinski definition) is 4. The molecule has 4 heteroatoms. The Morgan fingerprint density at radius 3 is 2.76 bits per heavy atom. The third-order valence-corrected chi connectivity index (χ3v) is 5.41. The summed E-state index contributed by atoms with van der Waals surface area (Å²) in [6, 6.07) is 7.21. The van der Waals surface area contributed by atoms with Crippen LogP contribution in [0.25, 0.3) is 0 Å². The Morgan fingerprint density at radius 1 is 1.05 bits per heavy atom. The topological polar surface area (TPSA) is 35.9 Å². The third-order valence-electron chi connectivity index (χ3n) is 5.41. The number of likely N-dealkylation sites (tertiary alicyclic amines) is 1. The zero-order valence-electron chi connectivity index (χ0n) is 12.5. The Labute approximate surface area is 126 Å². The Morgan fingerprint density at radius 2 is 1.90 bits per heavy atom. The van der Waals surface area contributed by atoms with Crippen molar-refractivity contribution < 1.29 is 9.84 Å². The number of nitrogens with zero attached hydrogens (tertiary/aromatic N) is 2. The van der Waals surface area contributed by atoms with Crippen LogP contribution >= 0.6 is 0 Å². The summed E-state index contributed by atoms with van der Waals surface area (Å²) >= 11 is 0. The first-order chi connectivity index (χ1) is 10.3. The molecule has 4 nitrogen and oxygen atoms in total. The Hall–Kier alpha value is -1.10. The van der Waals surface area contributed by atoms with Crippen molar-refractivity contribution >= 4 is 0 Å². The van der Waals surface area contributed by atoms with Gasteiger partial charge in [-0.2, -0.15) is 0 Å². The van der Waals surface area contributed by atoms with Gasteiger partial charge in [-0.25, -0.2) is 0 Å². The Bertz CT molecular complexity index is 514. The fraction of sp³-hybridized carbons (Fsp3) is 0.647. The normalized spacial score (nSPS) is 30.7. The van der Waals surface area contributed by atoms with Crippen molar-refractivity contribution in [1.82, 2.24) is 9.80 Å². The van der Waals surface area contributed by atoms with E-state index in [2.05, 4.69) is 15.9 Å². The molecule has 2 aliphatic heterocycles. The number of aromatic hydroxyl groups is 1. The molecule has 1 aliphatic carbocycles. The van der Waals surface area contributed by atoms with E-state index in [1.807, 2.05) is 12.1 Å². The number of phenolic OH excluding ortho intramolecular Hbond substituents is 1. The molecule has 4 rings (SSSR count). The highest BCUT2D eigenvalue weighted by molar-refractivity contribution is 5.44. The summed E-state index contributed by atoms with van der Waals surface area (Å²) < 4.78 is 5.46. The van der Waals surface area contributed by atoms with Crippen LogP contribution in [0.4, 0.5) is 0 Å². The average molecular weight is 288 g/mol. The number of ether oxygens (including phenoxy) is 1. The third kappa shape index (κ3) is 2.45. The zero-order chi connectivity index (χ0) is 14.2. The number of hydrogen-bond donors (Lipinski definition) is 1. The average Bonchev–Trinajstić information content (AvgIpc) is 3.15. The van der Waals surface area contributed by atoms with Crippen molar-refractivity contribution in [2.24, 2.45) is 0 Å². The number of fused-ring (bicyclic) bond motifs is 1. The van der Waals surface area contributed by atoms with E-state index in [0.29, 0.717) is 17.8 Å². The second-order valence-corrected chi connectivity index (χ2v) is 6.49. The summed E-state index contributed by atoms with van der Waals surface area (Å²) in [5.74, 6) is 0.485. The minimum absolute atomic E-state index is 0.485. The SMILES string of the molecule is Oc1cccc2c1CCC2N1CCC(N2CCOCC2)C1. The molecule has 2 atom stereocenters. The minimum atomic E-state index is 0.485. The number of morpholine rings is 1. The van der Waals surface area contributed by atoms with Gasteiger partial charge < -0.3 is 9.84 Å². The van der Waals surface area contributed by atoms with Gasteiger partial charge in [-0.05, 0) is 36.5 Å². The number of benzene rings is 1. The second-order valence-electron chi connectivity index (χ2n) is 6.49. The molecule has 2 heterocycles. The van der Waals surface area contributed by atoms with E-state index in [0.717, 1.165) is 39.1 Å². The molecule has 2 fully saturated rings. The van der Waals surface area contributed by atoms with Crippen molar-refractivity contribution in [2.45, 2.75) is 31.3 Å². The minimum Gasteiger partial charge on any atom is -0.508 e. The second kappa shape index (κ2) is 5.59. The van der Waals surface area contributed by atoms with Gasteiger partial charge in [0.15, 0.2) is 0 Å². The van der Waals surface area contributed by atoms with Gasteiger partial charge in [0.1, 0.15) is 5.75 Å². The fourth-order valence-electron chi connectivity index (χ4n) is 4.28. The van der Waals surface area contributed by atoms with E-state index in [1.54, 1.807) is 0 Å². The standard InChI is InChI=1S/C17H24N2O2/c20-17-3-1-2-14-15(17)4-5-16(14)19-7-6-13(12-19)18-8-10-21-11-9-18/h1-3,13,16,20H,4-12H2. The molecular weight excluding hydrogens is 264 g/mol. The first-order valence-electron chi connectivity index (χ1n) is 8.19. The highest BCUT2D eigenvalue weighted by atomic mass is 16.5. The van der Waals surface area contributed by atoms with Gasteiger partial charge in [0.05, 0.1) is 13.2 Å². The maximum Gasteiger partial charge on any atom is 0.119 e. The molecule has 0 saturated carbocycles. The van der Waals surface area contributed by atoms with Crippen LogP contribution in [0.2, 0.25) is 0 Å². The number of rotatable bonds is 2. The van der Waals surface area contributed by atoms with Crippen LogP contribution in [-0.2, 0) is 11.2 Å². The van der Waals surface area contributed by atoms with Gasteiger partial charge in [-0.3, -0.25) is 9.80 Å². The molecule has 1 N–H and O–H groups in total. The van der Waals surface area contributed by atoms with Gasteiger partial charge >= 0.3 is 0 Å². The summed E-state index contributed by atoms with van der Waals surface area (Å²) in [6.07, 6.45) is 3.44. The van der Waals surface area contributed by atoms with Crippen LogP contribution in [0.1, 0.15) is 30.0 Å². The molecule has 3 aliphatic rings. The molecule has 0 radical (unpaired) electrons. The predicted octanol–water partition coefficient (Wildman–Crippen LogP) is 1.79. The van der Waals surface area contributed by atoms with Crippen molar-refractivity contribution in [1.29, 1.82) is 0 Å². The Balaban J connectivity index is 1.46. The van der Waals surface area contributed by atoms with Crippen LogP contribution in [0.5, 0.6) is 5.75 Å². The van der Waals surface area contributed by atoms with Crippen LogP contribution in [0.3, 0.4) is 0 Å². The lowest BCUT2D eigenvalue weighted by molar-refractivity contribution is 0.0176. The fourth-order valence-corrected chi connectivity index (χ4v) is 4.28. The molecular formula is C17H24N2O2. The molecule has 1 aromatic rings. The van der Waals surface area contributed by atoms with Gasteiger partial charge in [0.25, 0.3) is 0 Å². The number of phenols is 1. The van der Waals surface area contributed by atoms with Crippen molar-refractivity contribution in [3.63, 3.8) is 0 Å². The van der Waals surface area contributed by atoms with Crippen LogP contribution in [0, 0.1) is 0 Å². The molecule has 114 valence electrons. The predicted molar refractivity (Wildman–Crippen MR) is 81.5 cm³/mol. The van der Waals surface area contributed by atoms with Gasteiger partial charge in [-0.1, -0.05) is 12.1 Å². The molecule has 1 aromatic carbocycles. The molecule has 0 aromatic heterocycles. The van der Waals surface area contributed by atoms with Gasteiger partial charge in [0, 0.05) is 38.3 Å². The van der Waals surface area contributed by atoms with Crippen LogP contribution < -0.4 is 0 Å². The summed E-state index contributed by atoms with van der Waals surface area (Å²) in [6.45, 7) is 6.29. The molecule has 2 unspecified atom stereocenters. The maximum atomic E-state index is 10.0. The van der Waals surface area contributed by atoms with E-state index < -0.39 is 0 Å². The molecule has 0 spiro atoms. The van der Waals surface area contributed by atoms with Crippen molar-refractivity contribution in [2.75, 3.05) is 39.4 Å². The largest absolute Gasteiger partial charge is 0.508 e. The quantitative estimate of drug-likeness (QED) is 0.900. The molecule has 2 saturated heterocycles. The van der Waals surface area contributed by atoms with Crippen LogP contribution in [-0.4, -0.2) is 60.3 Å². The van der Waals surface area contributed by atoms with E-state index in [9.17, 15) is 5.11 Å². The van der Waals surface area contributed by atoms with Crippen LogP contribution in [0.15, 0.2) is 18.2 Å². The summed E-state index contributed by atoms with van der Waals surface area (Å²) in [5.41, 5.74) is 2.54. The first kappa shape index (κ1) is 13.6. The first-order valence-corrected chi connectivity index (χ1v) is 8.19. The van der Waals surface area contributed by atoms with E-state index in [1.165, 1.54) is 30.6 Å². The van der Waals surface area contributed by atoms with E-state index in [4.69, 9.17) is 4.74 Å².